The molecule has 2 aromatic carbocycles. The Morgan fingerprint density at radius 1 is 1.17 bits per heavy atom. The van der Waals surface area contributed by atoms with Gasteiger partial charge in [-0.05, 0) is 30.5 Å². The Kier molecular flexibility index (Phi) is 4.68. The highest BCUT2D eigenvalue weighted by Crippen LogP contribution is 2.32. The van der Waals surface area contributed by atoms with E-state index in [0.29, 0.717) is 13.2 Å². The summed E-state index contributed by atoms with van der Waals surface area (Å²) in [5.74, 6) is 1.04. The predicted octanol–water partition coefficient (Wildman–Crippen LogP) is 2.98. The van der Waals surface area contributed by atoms with Crippen LogP contribution in [0.15, 0.2) is 48.5 Å². The van der Waals surface area contributed by atoms with E-state index in [0.717, 1.165) is 28.9 Å². The summed E-state index contributed by atoms with van der Waals surface area (Å²) < 4.78 is 33.0. The number of ether oxygens (including phenoxy) is 1. The van der Waals surface area contributed by atoms with Gasteiger partial charge in [-0.3, -0.25) is 0 Å². The number of hydrogen-bond acceptors (Lipinski definition) is 3. The van der Waals surface area contributed by atoms with Gasteiger partial charge in [0.1, 0.15) is 5.75 Å². The van der Waals surface area contributed by atoms with E-state index in [9.17, 15) is 8.42 Å². The van der Waals surface area contributed by atoms with Gasteiger partial charge in [-0.15, -0.1) is 0 Å². The van der Waals surface area contributed by atoms with Crippen LogP contribution in [0.4, 0.5) is 0 Å². The van der Waals surface area contributed by atoms with Crippen molar-refractivity contribution < 1.29 is 13.2 Å². The van der Waals surface area contributed by atoms with Gasteiger partial charge in [-0.25, -0.2) is 13.1 Å². The van der Waals surface area contributed by atoms with Crippen LogP contribution in [0, 0.1) is 6.92 Å². The van der Waals surface area contributed by atoms with Crippen LogP contribution in [-0.2, 0) is 15.8 Å². The number of para-hydroxylation sites is 1. The van der Waals surface area contributed by atoms with Crippen LogP contribution in [0.2, 0.25) is 0 Å². The van der Waals surface area contributed by atoms with Gasteiger partial charge < -0.3 is 4.74 Å². The maximum absolute atomic E-state index is 12.3. The Hall–Kier alpha value is -1.85. The second kappa shape index (κ2) is 6.72. The smallest absolute Gasteiger partial charge is 0.215 e. The van der Waals surface area contributed by atoms with Gasteiger partial charge in [-0.2, -0.15) is 0 Å². The zero-order valence-electron chi connectivity index (χ0n) is 13.2. The van der Waals surface area contributed by atoms with Crippen molar-refractivity contribution in [2.24, 2.45) is 0 Å². The summed E-state index contributed by atoms with van der Waals surface area (Å²) in [5.41, 5.74) is 2.96. The first-order valence-electron chi connectivity index (χ1n) is 7.78. The van der Waals surface area contributed by atoms with E-state index in [4.69, 9.17) is 4.74 Å². The predicted molar refractivity (Wildman–Crippen MR) is 91.1 cm³/mol. The minimum absolute atomic E-state index is 0.0134. The molecule has 0 amide bonds. The molecule has 0 fully saturated rings. The molecule has 1 N–H and O–H groups in total. The molecule has 0 saturated carbocycles. The highest BCUT2D eigenvalue weighted by atomic mass is 32.2. The molecule has 2 aromatic rings. The summed E-state index contributed by atoms with van der Waals surface area (Å²) in [7, 11) is -3.34. The maximum Gasteiger partial charge on any atom is 0.215 e. The van der Waals surface area contributed by atoms with Crippen LogP contribution in [0.3, 0.4) is 0 Å². The first-order valence-corrected chi connectivity index (χ1v) is 9.43. The number of nitrogens with one attached hydrogen (secondary N) is 1. The minimum Gasteiger partial charge on any atom is -0.493 e. The van der Waals surface area contributed by atoms with E-state index >= 15 is 0 Å². The van der Waals surface area contributed by atoms with E-state index < -0.39 is 10.0 Å². The fraction of sp³-hybridized carbons (Fsp3) is 0.333. The molecule has 0 bridgehead atoms. The lowest BCUT2D eigenvalue weighted by molar-refractivity contribution is 0.267. The second-order valence-electron chi connectivity index (χ2n) is 5.97. The molecule has 1 unspecified atom stereocenters. The molecule has 23 heavy (non-hydrogen) atoms. The van der Waals surface area contributed by atoms with Gasteiger partial charge in [-0.1, -0.05) is 48.0 Å². The third kappa shape index (κ3) is 4.12. The molecule has 1 aliphatic rings. The fourth-order valence-corrected chi connectivity index (χ4v) is 4.10. The molecule has 0 spiro atoms. The summed E-state index contributed by atoms with van der Waals surface area (Å²) in [6.45, 7) is 3.00. The molecule has 122 valence electrons. The van der Waals surface area contributed by atoms with Crippen LogP contribution in [0.1, 0.15) is 29.0 Å². The molecule has 0 aliphatic carbocycles. The van der Waals surface area contributed by atoms with Crippen LogP contribution in [0.5, 0.6) is 5.75 Å². The van der Waals surface area contributed by atoms with E-state index in [-0.39, 0.29) is 11.7 Å². The third-order valence-electron chi connectivity index (χ3n) is 4.07. The maximum atomic E-state index is 12.3. The van der Waals surface area contributed by atoms with Gasteiger partial charge in [0.05, 0.1) is 12.4 Å². The number of hydrogen-bond donors (Lipinski definition) is 1. The number of benzene rings is 2. The first kappa shape index (κ1) is 16.0. The summed E-state index contributed by atoms with van der Waals surface area (Å²) >= 11 is 0. The van der Waals surface area contributed by atoms with Gasteiger partial charge >= 0.3 is 0 Å². The zero-order chi connectivity index (χ0) is 16.3. The lowest BCUT2D eigenvalue weighted by Crippen LogP contribution is -2.31. The average Bonchev–Trinajstić information content (AvgIpc) is 2.52. The molecule has 3 rings (SSSR count). The Morgan fingerprint density at radius 2 is 2.00 bits per heavy atom. The Morgan fingerprint density at radius 3 is 2.83 bits per heavy atom. The highest BCUT2D eigenvalue weighted by molar-refractivity contribution is 7.88. The summed E-state index contributed by atoms with van der Waals surface area (Å²) in [6.07, 6.45) is 0.823. The van der Waals surface area contributed by atoms with Crippen molar-refractivity contribution in [3.05, 3.63) is 65.2 Å². The van der Waals surface area contributed by atoms with Crippen LogP contribution >= 0.6 is 0 Å². The quantitative estimate of drug-likeness (QED) is 0.916. The van der Waals surface area contributed by atoms with E-state index in [2.05, 4.69) is 4.72 Å². The summed E-state index contributed by atoms with van der Waals surface area (Å²) in [4.78, 5) is 0. The SMILES string of the molecule is Cc1cccc(CS(=O)(=O)NCC2CCOc3ccccc32)c1. The van der Waals surface area contributed by atoms with Crippen LogP contribution in [-0.4, -0.2) is 21.6 Å². The van der Waals surface area contributed by atoms with Gasteiger partial charge in [0, 0.05) is 12.5 Å². The number of aryl methyl sites for hydroxylation is 1. The lowest BCUT2D eigenvalue weighted by Gasteiger charge is -2.26. The molecule has 5 heteroatoms. The van der Waals surface area contributed by atoms with Crippen molar-refractivity contribution >= 4 is 10.0 Å². The van der Waals surface area contributed by atoms with Crippen LogP contribution < -0.4 is 9.46 Å². The average molecular weight is 331 g/mol. The Balaban J connectivity index is 1.66. The molecule has 1 heterocycles. The lowest BCUT2D eigenvalue weighted by atomic mass is 9.93. The topological polar surface area (TPSA) is 55.4 Å². The molecular formula is C18H21NO3S. The van der Waals surface area contributed by atoms with E-state index in [1.54, 1.807) is 0 Å². The van der Waals surface area contributed by atoms with Crippen molar-refractivity contribution in [1.29, 1.82) is 0 Å². The summed E-state index contributed by atoms with van der Waals surface area (Å²) in [6, 6.07) is 15.4. The molecule has 0 aromatic heterocycles. The van der Waals surface area contributed by atoms with Crippen molar-refractivity contribution in [2.45, 2.75) is 25.0 Å². The Bertz CT molecular complexity index is 786. The first-order chi connectivity index (χ1) is 11.0. The number of fused-ring (bicyclic) bond motifs is 1. The zero-order valence-corrected chi connectivity index (χ0v) is 14.0. The van der Waals surface area contributed by atoms with Crippen molar-refractivity contribution in [3.63, 3.8) is 0 Å². The normalized spacial score (nSPS) is 17.3. The van der Waals surface area contributed by atoms with Gasteiger partial charge in [0.25, 0.3) is 0 Å². The van der Waals surface area contributed by atoms with Crippen LogP contribution in [0.25, 0.3) is 0 Å². The standard InChI is InChI=1S/C18H21NO3S/c1-14-5-4-6-15(11-14)13-23(20,21)19-12-16-9-10-22-18-8-3-2-7-17(16)18/h2-8,11,16,19H,9-10,12-13H2,1H3. The number of sulfonamides is 1. The number of rotatable bonds is 5. The fourth-order valence-electron chi connectivity index (χ4n) is 2.93. The Labute approximate surface area is 137 Å². The minimum atomic E-state index is -3.34. The van der Waals surface area contributed by atoms with Gasteiger partial charge in [0.15, 0.2) is 0 Å². The monoisotopic (exact) mass is 331 g/mol. The van der Waals surface area contributed by atoms with Crippen molar-refractivity contribution in [3.8, 4) is 5.75 Å². The van der Waals surface area contributed by atoms with E-state index in [1.165, 1.54) is 0 Å². The highest BCUT2D eigenvalue weighted by Gasteiger charge is 2.23. The van der Waals surface area contributed by atoms with E-state index in [1.807, 2.05) is 55.5 Å². The largest absolute Gasteiger partial charge is 0.493 e. The van der Waals surface area contributed by atoms with Gasteiger partial charge in [0.2, 0.25) is 10.0 Å². The molecule has 1 aliphatic heterocycles. The molecule has 4 nitrogen and oxygen atoms in total. The molecular weight excluding hydrogens is 310 g/mol. The second-order valence-corrected chi connectivity index (χ2v) is 7.78. The summed E-state index contributed by atoms with van der Waals surface area (Å²) in [5, 5.41) is 0. The van der Waals surface area contributed by atoms with Crippen molar-refractivity contribution in [2.75, 3.05) is 13.2 Å². The molecule has 0 radical (unpaired) electrons. The molecule has 1 atom stereocenters. The van der Waals surface area contributed by atoms with Crippen molar-refractivity contribution in [1.82, 2.24) is 4.72 Å². The third-order valence-corrected chi connectivity index (χ3v) is 5.39. The molecule has 0 saturated heterocycles.